The summed E-state index contributed by atoms with van der Waals surface area (Å²) in [6.45, 7) is 8.90. The van der Waals surface area contributed by atoms with Crippen molar-refractivity contribution >= 4 is 10.9 Å². The number of nitrogens with one attached hydrogen (secondary N) is 1. The molecule has 0 aliphatic rings. The Balaban J connectivity index is 2.31. The van der Waals surface area contributed by atoms with Crippen molar-refractivity contribution in [2.45, 2.75) is 19.9 Å². The van der Waals surface area contributed by atoms with Crippen molar-refractivity contribution in [1.29, 1.82) is 0 Å². The highest BCUT2D eigenvalue weighted by Gasteiger charge is 2.06. The molecule has 17 heavy (non-hydrogen) atoms. The first kappa shape index (κ1) is 11.9. The quantitative estimate of drug-likeness (QED) is 0.594. The highest BCUT2D eigenvalue weighted by atomic mass is 14.9. The third kappa shape index (κ3) is 2.59. The summed E-state index contributed by atoms with van der Waals surface area (Å²) < 4.78 is 2.27. The number of likely N-dealkylation sites (N-methyl/N-ethyl adjacent to an activating group) is 1. The Morgan fingerprint density at radius 2 is 2.18 bits per heavy atom. The molecule has 0 fully saturated rings. The van der Waals surface area contributed by atoms with Gasteiger partial charge in [-0.05, 0) is 31.1 Å². The summed E-state index contributed by atoms with van der Waals surface area (Å²) in [4.78, 5) is 0. The van der Waals surface area contributed by atoms with Gasteiger partial charge in [0.15, 0.2) is 0 Å². The molecule has 2 rings (SSSR count). The van der Waals surface area contributed by atoms with Crippen molar-refractivity contribution in [3.8, 4) is 0 Å². The molecular weight excluding hydrogens is 208 g/mol. The monoisotopic (exact) mass is 228 g/mol. The van der Waals surface area contributed by atoms with Gasteiger partial charge in [-0.3, -0.25) is 0 Å². The molecule has 0 radical (unpaired) electrons. The fourth-order valence-electron chi connectivity index (χ4n) is 2.21. The van der Waals surface area contributed by atoms with E-state index in [0.29, 0.717) is 0 Å². The standard InChI is InChI=1S/C15H20N2/c1-3-11-17-12-13(9-10-16-4-2)14-7-5-6-8-15(14)17/h3,5-8,12,16H,1,4,9-11H2,2H3. The van der Waals surface area contributed by atoms with Gasteiger partial charge < -0.3 is 9.88 Å². The van der Waals surface area contributed by atoms with E-state index in [1.165, 1.54) is 16.5 Å². The average molecular weight is 228 g/mol. The first-order valence-electron chi connectivity index (χ1n) is 6.25. The topological polar surface area (TPSA) is 17.0 Å². The van der Waals surface area contributed by atoms with Crippen LogP contribution >= 0.6 is 0 Å². The molecule has 2 aromatic rings. The lowest BCUT2D eigenvalue weighted by molar-refractivity contribution is 0.716. The Hall–Kier alpha value is -1.54. The summed E-state index contributed by atoms with van der Waals surface area (Å²) >= 11 is 0. The van der Waals surface area contributed by atoms with Gasteiger partial charge in [-0.2, -0.15) is 0 Å². The van der Waals surface area contributed by atoms with Crippen LogP contribution in [0.4, 0.5) is 0 Å². The number of nitrogens with zero attached hydrogens (tertiary/aromatic N) is 1. The highest BCUT2D eigenvalue weighted by molar-refractivity contribution is 5.84. The zero-order chi connectivity index (χ0) is 12.1. The maximum absolute atomic E-state index is 3.81. The Kier molecular flexibility index (Phi) is 3.99. The fraction of sp³-hybridized carbons (Fsp3) is 0.333. The van der Waals surface area contributed by atoms with Crippen LogP contribution in [0.15, 0.2) is 43.1 Å². The number of rotatable bonds is 6. The van der Waals surface area contributed by atoms with Gasteiger partial charge in [0.05, 0.1) is 0 Å². The first-order chi connectivity index (χ1) is 8.36. The molecule has 0 aliphatic carbocycles. The van der Waals surface area contributed by atoms with Crippen molar-refractivity contribution in [3.63, 3.8) is 0 Å². The molecule has 0 spiro atoms. The molecular formula is C15H20N2. The lowest BCUT2D eigenvalue weighted by Gasteiger charge is -1.99. The number of fused-ring (bicyclic) bond motifs is 1. The van der Waals surface area contributed by atoms with Gasteiger partial charge in [0.1, 0.15) is 0 Å². The average Bonchev–Trinajstić information content (AvgIpc) is 2.70. The van der Waals surface area contributed by atoms with Crippen LogP contribution in [-0.4, -0.2) is 17.7 Å². The van der Waals surface area contributed by atoms with E-state index in [0.717, 1.165) is 26.1 Å². The third-order valence-electron chi connectivity index (χ3n) is 3.02. The van der Waals surface area contributed by atoms with Crippen molar-refractivity contribution in [1.82, 2.24) is 9.88 Å². The minimum Gasteiger partial charge on any atom is -0.343 e. The second kappa shape index (κ2) is 5.69. The summed E-state index contributed by atoms with van der Waals surface area (Å²) in [6, 6.07) is 8.58. The molecule has 0 unspecified atom stereocenters. The van der Waals surface area contributed by atoms with E-state index in [4.69, 9.17) is 0 Å². The number of hydrogen-bond acceptors (Lipinski definition) is 1. The summed E-state index contributed by atoms with van der Waals surface area (Å²) in [5.41, 5.74) is 2.72. The van der Waals surface area contributed by atoms with Crippen LogP contribution in [0.25, 0.3) is 10.9 Å². The molecule has 1 heterocycles. The number of aromatic nitrogens is 1. The normalized spacial score (nSPS) is 10.9. The van der Waals surface area contributed by atoms with Gasteiger partial charge in [0, 0.05) is 23.6 Å². The number of allylic oxidation sites excluding steroid dienone is 1. The molecule has 1 aromatic carbocycles. The van der Waals surface area contributed by atoms with E-state index in [2.05, 4.69) is 53.8 Å². The van der Waals surface area contributed by atoms with Crippen LogP contribution in [0.3, 0.4) is 0 Å². The van der Waals surface area contributed by atoms with Gasteiger partial charge in [-0.15, -0.1) is 6.58 Å². The van der Waals surface area contributed by atoms with E-state index in [1.807, 2.05) is 6.08 Å². The van der Waals surface area contributed by atoms with Crippen LogP contribution in [0, 0.1) is 0 Å². The minimum atomic E-state index is 0.877. The van der Waals surface area contributed by atoms with Crippen LogP contribution in [-0.2, 0) is 13.0 Å². The second-order valence-corrected chi connectivity index (χ2v) is 4.22. The number of para-hydroxylation sites is 1. The molecule has 0 bridgehead atoms. The van der Waals surface area contributed by atoms with Gasteiger partial charge in [0.25, 0.3) is 0 Å². The molecule has 0 aliphatic heterocycles. The smallest absolute Gasteiger partial charge is 0.0486 e. The molecule has 2 nitrogen and oxygen atoms in total. The SMILES string of the molecule is C=CCn1cc(CCNCC)c2ccccc21. The molecule has 0 amide bonds. The number of hydrogen-bond donors (Lipinski definition) is 1. The number of benzene rings is 1. The van der Waals surface area contributed by atoms with E-state index < -0.39 is 0 Å². The van der Waals surface area contributed by atoms with E-state index >= 15 is 0 Å². The zero-order valence-corrected chi connectivity index (χ0v) is 10.4. The van der Waals surface area contributed by atoms with Crippen molar-refractivity contribution in [2.24, 2.45) is 0 Å². The maximum atomic E-state index is 3.81. The van der Waals surface area contributed by atoms with E-state index in [9.17, 15) is 0 Å². The zero-order valence-electron chi connectivity index (χ0n) is 10.4. The van der Waals surface area contributed by atoms with Crippen molar-refractivity contribution in [2.75, 3.05) is 13.1 Å². The van der Waals surface area contributed by atoms with Gasteiger partial charge in [0.2, 0.25) is 0 Å². The molecule has 1 N–H and O–H groups in total. The van der Waals surface area contributed by atoms with Crippen LogP contribution < -0.4 is 5.32 Å². The summed E-state index contributed by atoms with van der Waals surface area (Å²) in [7, 11) is 0. The van der Waals surface area contributed by atoms with Crippen LogP contribution in [0.5, 0.6) is 0 Å². The third-order valence-corrected chi connectivity index (χ3v) is 3.02. The Labute approximate surface area is 103 Å². The predicted octanol–water partition coefficient (Wildman–Crippen LogP) is 2.98. The van der Waals surface area contributed by atoms with Crippen LogP contribution in [0.2, 0.25) is 0 Å². The molecule has 0 saturated heterocycles. The van der Waals surface area contributed by atoms with Crippen molar-refractivity contribution in [3.05, 3.63) is 48.7 Å². The second-order valence-electron chi connectivity index (χ2n) is 4.22. The lowest BCUT2D eigenvalue weighted by atomic mass is 10.1. The Bertz CT molecular complexity index is 497. The summed E-state index contributed by atoms with van der Waals surface area (Å²) in [5, 5.41) is 4.74. The van der Waals surface area contributed by atoms with Gasteiger partial charge in [-0.1, -0.05) is 31.2 Å². The maximum Gasteiger partial charge on any atom is 0.0486 e. The van der Waals surface area contributed by atoms with Crippen molar-refractivity contribution < 1.29 is 0 Å². The molecule has 90 valence electrons. The van der Waals surface area contributed by atoms with Crippen LogP contribution in [0.1, 0.15) is 12.5 Å². The minimum absolute atomic E-state index is 0.877. The van der Waals surface area contributed by atoms with E-state index in [-0.39, 0.29) is 0 Å². The summed E-state index contributed by atoms with van der Waals surface area (Å²) in [6.07, 6.45) is 5.28. The molecule has 0 saturated carbocycles. The fourth-order valence-corrected chi connectivity index (χ4v) is 2.21. The van der Waals surface area contributed by atoms with Gasteiger partial charge >= 0.3 is 0 Å². The molecule has 2 heteroatoms. The van der Waals surface area contributed by atoms with E-state index in [1.54, 1.807) is 0 Å². The largest absolute Gasteiger partial charge is 0.343 e. The Morgan fingerprint density at radius 1 is 1.35 bits per heavy atom. The lowest BCUT2D eigenvalue weighted by Crippen LogP contribution is -2.15. The first-order valence-corrected chi connectivity index (χ1v) is 6.25. The Morgan fingerprint density at radius 3 is 2.94 bits per heavy atom. The predicted molar refractivity (Wildman–Crippen MR) is 74.4 cm³/mol. The summed E-state index contributed by atoms with van der Waals surface area (Å²) in [5.74, 6) is 0. The molecule has 0 atom stereocenters. The molecule has 1 aromatic heterocycles. The van der Waals surface area contributed by atoms with Gasteiger partial charge in [-0.25, -0.2) is 0 Å². The highest BCUT2D eigenvalue weighted by Crippen LogP contribution is 2.21.